The summed E-state index contributed by atoms with van der Waals surface area (Å²) in [5.41, 5.74) is 0.884. The number of alkyl carbamates (subject to hydrolysis) is 1. The minimum absolute atomic E-state index is 0.152. The molecule has 2 aromatic carbocycles. The lowest BCUT2D eigenvalue weighted by molar-refractivity contribution is -0.169. The van der Waals surface area contributed by atoms with Gasteiger partial charge in [-0.15, -0.1) is 11.8 Å². The molecule has 7 heteroatoms. The Kier molecular flexibility index (Phi) is 9.13. The van der Waals surface area contributed by atoms with Gasteiger partial charge in [-0.05, 0) is 17.7 Å². The Labute approximate surface area is 163 Å². The quantitative estimate of drug-likeness (QED) is 0.479. The molecule has 2 rings (SSSR count). The Morgan fingerprint density at radius 1 is 1.04 bits per heavy atom. The summed E-state index contributed by atoms with van der Waals surface area (Å²) in [6.45, 7) is 0.152. The van der Waals surface area contributed by atoms with Gasteiger partial charge in [0.1, 0.15) is 12.7 Å². The molecular weight excluding hydrogens is 366 g/mol. The van der Waals surface area contributed by atoms with Gasteiger partial charge in [-0.1, -0.05) is 48.5 Å². The average molecular weight is 391 g/mol. The van der Waals surface area contributed by atoms with Crippen LogP contribution >= 0.6 is 11.8 Å². The first-order chi connectivity index (χ1) is 13.1. The Morgan fingerprint density at radius 3 is 2.22 bits per heavy atom. The molecule has 0 radical (unpaired) electrons. The van der Waals surface area contributed by atoms with Crippen molar-refractivity contribution in [2.75, 3.05) is 20.0 Å². The van der Waals surface area contributed by atoms with Crippen molar-refractivity contribution in [1.82, 2.24) is 5.32 Å². The summed E-state index contributed by atoms with van der Waals surface area (Å²) in [6, 6.07) is 18.5. The van der Waals surface area contributed by atoms with E-state index in [0.29, 0.717) is 5.75 Å². The number of nitrogens with one attached hydrogen (secondary N) is 1. The van der Waals surface area contributed by atoms with Crippen LogP contribution in [0.4, 0.5) is 4.79 Å². The third-order valence-corrected chi connectivity index (χ3v) is 4.98. The van der Waals surface area contributed by atoms with Crippen LogP contribution in [0.5, 0.6) is 0 Å². The summed E-state index contributed by atoms with van der Waals surface area (Å²) < 4.78 is 15.5. The number of hydrogen-bond acceptors (Lipinski definition) is 6. The molecule has 146 valence electrons. The van der Waals surface area contributed by atoms with Crippen molar-refractivity contribution in [2.24, 2.45) is 0 Å². The van der Waals surface area contributed by atoms with E-state index in [-0.39, 0.29) is 6.61 Å². The zero-order chi connectivity index (χ0) is 19.5. The maximum atomic E-state index is 12.2. The molecule has 6 nitrogen and oxygen atoms in total. The molecule has 0 heterocycles. The fraction of sp³-hybridized carbons (Fsp3) is 0.350. The number of methoxy groups -OCH3 is 2. The lowest BCUT2D eigenvalue weighted by atomic mass is 10.2. The van der Waals surface area contributed by atoms with Crippen molar-refractivity contribution in [1.29, 1.82) is 0 Å². The van der Waals surface area contributed by atoms with Crippen LogP contribution in [0.2, 0.25) is 0 Å². The lowest BCUT2D eigenvalue weighted by Crippen LogP contribution is -2.51. The van der Waals surface area contributed by atoms with Crippen LogP contribution < -0.4 is 5.32 Å². The summed E-state index contributed by atoms with van der Waals surface area (Å²) in [7, 11) is 2.87. The maximum Gasteiger partial charge on any atom is 0.407 e. The lowest BCUT2D eigenvalue weighted by Gasteiger charge is -2.28. The van der Waals surface area contributed by atoms with E-state index in [0.717, 1.165) is 10.5 Å². The zero-order valence-corrected chi connectivity index (χ0v) is 16.2. The highest BCUT2D eigenvalue weighted by Crippen LogP contribution is 2.20. The third kappa shape index (κ3) is 7.22. The largest absolute Gasteiger partial charge is 0.445 e. The summed E-state index contributed by atoms with van der Waals surface area (Å²) in [4.78, 5) is 13.2. The monoisotopic (exact) mass is 391 g/mol. The number of thioether (sulfide) groups is 1. The van der Waals surface area contributed by atoms with Crippen molar-refractivity contribution in [3.63, 3.8) is 0 Å². The number of carbonyl (C=O) groups is 1. The minimum Gasteiger partial charge on any atom is -0.445 e. The van der Waals surface area contributed by atoms with E-state index in [1.165, 1.54) is 26.0 Å². The van der Waals surface area contributed by atoms with Crippen molar-refractivity contribution in [3.8, 4) is 0 Å². The van der Waals surface area contributed by atoms with Crippen molar-refractivity contribution < 1.29 is 24.1 Å². The molecule has 2 aromatic rings. The molecule has 0 unspecified atom stereocenters. The first-order valence-electron chi connectivity index (χ1n) is 8.52. The maximum absolute atomic E-state index is 12.2. The minimum atomic E-state index is -1.06. The molecule has 27 heavy (non-hydrogen) atoms. The highest BCUT2D eigenvalue weighted by atomic mass is 32.2. The smallest absolute Gasteiger partial charge is 0.407 e. The third-order valence-electron chi connectivity index (χ3n) is 3.84. The second-order valence-electron chi connectivity index (χ2n) is 5.77. The molecule has 0 bridgehead atoms. The van der Waals surface area contributed by atoms with E-state index >= 15 is 0 Å². The molecule has 0 saturated heterocycles. The highest BCUT2D eigenvalue weighted by Gasteiger charge is 2.29. The van der Waals surface area contributed by atoms with Gasteiger partial charge in [0, 0.05) is 24.9 Å². The molecule has 0 spiro atoms. The number of carbonyl (C=O) groups excluding carboxylic acids is 1. The fourth-order valence-electron chi connectivity index (χ4n) is 2.41. The van der Waals surface area contributed by atoms with Crippen LogP contribution in [0.15, 0.2) is 65.6 Å². The highest BCUT2D eigenvalue weighted by molar-refractivity contribution is 7.99. The predicted octanol–water partition coefficient (Wildman–Crippen LogP) is 3.05. The molecule has 0 fully saturated rings. The number of aliphatic hydroxyl groups excluding tert-OH is 1. The molecule has 2 atom stereocenters. The predicted molar refractivity (Wildman–Crippen MR) is 105 cm³/mol. The average Bonchev–Trinajstić information content (AvgIpc) is 2.72. The number of amides is 1. The molecule has 2 N–H and O–H groups in total. The van der Waals surface area contributed by atoms with Gasteiger partial charge in [-0.2, -0.15) is 0 Å². The van der Waals surface area contributed by atoms with E-state index in [1.54, 1.807) is 0 Å². The summed E-state index contributed by atoms with van der Waals surface area (Å²) in [5, 5.41) is 13.3. The SMILES string of the molecule is COC(OC)[C@@H](O)[C@H](CSc1ccccc1)NC(=O)OCc1ccccc1. The second kappa shape index (κ2) is 11.6. The number of benzene rings is 2. The molecule has 0 aliphatic heterocycles. The van der Waals surface area contributed by atoms with Crippen molar-refractivity contribution in [3.05, 3.63) is 66.2 Å². The van der Waals surface area contributed by atoms with Crippen LogP contribution in [-0.2, 0) is 20.8 Å². The van der Waals surface area contributed by atoms with Gasteiger partial charge in [0.15, 0.2) is 6.29 Å². The first-order valence-corrected chi connectivity index (χ1v) is 9.51. The number of ether oxygens (including phenoxy) is 3. The molecule has 0 aliphatic rings. The zero-order valence-electron chi connectivity index (χ0n) is 15.4. The van der Waals surface area contributed by atoms with E-state index < -0.39 is 24.5 Å². The Hall–Kier alpha value is -2.06. The Morgan fingerprint density at radius 2 is 1.63 bits per heavy atom. The number of aliphatic hydroxyl groups is 1. The Balaban J connectivity index is 1.96. The van der Waals surface area contributed by atoms with Gasteiger partial charge in [0.25, 0.3) is 0 Å². The molecular formula is C20H25NO5S. The normalized spacial score (nSPS) is 13.2. The van der Waals surface area contributed by atoms with Gasteiger partial charge >= 0.3 is 6.09 Å². The first kappa shape index (κ1) is 21.2. The topological polar surface area (TPSA) is 77.0 Å². The number of hydrogen-bond donors (Lipinski definition) is 2. The second-order valence-corrected chi connectivity index (χ2v) is 6.86. The summed E-state index contributed by atoms with van der Waals surface area (Å²) >= 11 is 1.51. The summed E-state index contributed by atoms with van der Waals surface area (Å²) in [5.74, 6) is 0.425. The van der Waals surface area contributed by atoms with Gasteiger partial charge < -0.3 is 24.6 Å². The van der Waals surface area contributed by atoms with Crippen molar-refractivity contribution in [2.45, 2.75) is 29.9 Å². The van der Waals surface area contributed by atoms with Crippen LogP contribution in [0.25, 0.3) is 0 Å². The van der Waals surface area contributed by atoms with Gasteiger partial charge in [0.05, 0.1) is 6.04 Å². The van der Waals surface area contributed by atoms with Crippen LogP contribution in [-0.4, -0.2) is 49.6 Å². The van der Waals surface area contributed by atoms with E-state index in [4.69, 9.17) is 14.2 Å². The molecule has 0 saturated carbocycles. The van der Waals surface area contributed by atoms with Crippen LogP contribution in [0, 0.1) is 0 Å². The number of rotatable bonds is 10. The van der Waals surface area contributed by atoms with E-state index in [2.05, 4.69) is 5.32 Å². The molecule has 0 aromatic heterocycles. The molecule has 0 aliphatic carbocycles. The van der Waals surface area contributed by atoms with Crippen LogP contribution in [0.1, 0.15) is 5.56 Å². The summed E-state index contributed by atoms with van der Waals surface area (Å²) in [6.07, 6.45) is -2.52. The van der Waals surface area contributed by atoms with Gasteiger partial charge in [0.2, 0.25) is 0 Å². The molecule has 1 amide bonds. The fourth-order valence-corrected chi connectivity index (χ4v) is 3.41. The van der Waals surface area contributed by atoms with Crippen molar-refractivity contribution >= 4 is 17.9 Å². The van der Waals surface area contributed by atoms with E-state index in [9.17, 15) is 9.90 Å². The van der Waals surface area contributed by atoms with Gasteiger partial charge in [-0.3, -0.25) is 0 Å². The standard InChI is InChI=1S/C20H25NO5S/c1-24-19(25-2)18(22)17(14-27-16-11-7-4-8-12-16)21-20(23)26-13-15-9-5-3-6-10-15/h3-12,17-19,22H,13-14H2,1-2H3,(H,21,23)/t17-,18-/m0/s1. The Bertz CT molecular complexity index is 667. The van der Waals surface area contributed by atoms with Gasteiger partial charge in [-0.25, -0.2) is 4.79 Å². The van der Waals surface area contributed by atoms with Crippen LogP contribution in [0.3, 0.4) is 0 Å². The van der Waals surface area contributed by atoms with E-state index in [1.807, 2.05) is 60.7 Å².